The highest BCUT2D eigenvalue weighted by Gasteiger charge is 2.48. The van der Waals surface area contributed by atoms with Crippen molar-refractivity contribution < 1.29 is 23.6 Å². The molecule has 0 aliphatic carbocycles. The Kier molecular flexibility index (Phi) is 2.16. The number of hydrogen-bond acceptors (Lipinski definition) is 4. The molecule has 0 bridgehead atoms. The SMILES string of the molecule is O=C(O)C(F)(F)c1[nH]ncc1[N+](=O)[O-]. The van der Waals surface area contributed by atoms with Crippen LogP contribution in [0.1, 0.15) is 5.69 Å². The minimum Gasteiger partial charge on any atom is -0.476 e. The first kappa shape index (κ1) is 10.0. The molecule has 76 valence electrons. The summed E-state index contributed by atoms with van der Waals surface area (Å²) in [5.41, 5.74) is -2.40. The Hall–Kier alpha value is -2.06. The first-order valence-corrected chi connectivity index (χ1v) is 3.16. The van der Waals surface area contributed by atoms with Gasteiger partial charge in [0.25, 0.3) is 0 Å². The summed E-state index contributed by atoms with van der Waals surface area (Å²) in [6.07, 6.45) is 0.520. The third kappa shape index (κ3) is 1.39. The van der Waals surface area contributed by atoms with E-state index in [2.05, 4.69) is 5.10 Å². The van der Waals surface area contributed by atoms with Gasteiger partial charge in [-0.2, -0.15) is 13.9 Å². The minimum atomic E-state index is -4.35. The highest BCUT2D eigenvalue weighted by molar-refractivity contribution is 5.78. The summed E-state index contributed by atoms with van der Waals surface area (Å²) < 4.78 is 25.5. The third-order valence-corrected chi connectivity index (χ3v) is 1.40. The molecule has 1 aromatic rings. The van der Waals surface area contributed by atoms with Crippen molar-refractivity contribution in [3.63, 3.8) is 0 Å². The summed E-state index contributed by atoms with van der Waals surface area (Å²) >= 11 is 0. The van der Waals surface area contributed by atoms with E-state index in [1.807, 2.05) is 0 Å². The number of carbonyl (C=O) groups is 1. The predicted octanol–water partition coefficient (Wildman–Crippen LogP) is 0.494. The molecule has 7 nitrogen and oxygen atoms in total. The van der Waals surface area contributed by atoms with E-state index in [0.717, 1.165) is 0 Å². The molecule has 0 aliphatic rings. The number of aliphatic carboxylic acids is 1. The smallest absolute Gasteiger partial charge is 0.390 e. The van der Waals surface area contributed by atoms with Crippen LogP contribution in [0.25, 0.3) is 0 Å². The van der Waals surface area contributed by atoms with Gasteiger partial charge in [0.2, 0.25) is 0 Å². The second-order valence-electron chi connectivity index (χ2n) is 2.27. The fraction of sp³-hybridized carbons (Fsp3) is 0.200. The molecule has 14 heavy (non-hydrogen) atoms. The molecule has 0 aliphatic heterocycles. The highest BCUT2D eigenvalue weighted by Crippen LogP contribution is 2.32. The third-order valence-electron chi connectivity index (χ3n) is 1.40. The fourth-order valence-electron chi connectivity index (χ4n) is 0.756. The zero-order valence-electron chi connectivity index (χ0n) is 6.40. The van der Waals surface area contributed by atoms with Gasteiger partial charge < -0.3 is 5.11 Å². The van der Waals surface area contributed by atoms with Gasteiger partial charge in [0, 0.05) is 0 Å². The van der Waals surface area contributed by atoms with Crippen LogP contribution < -0.4 is 0 Å². The number of nitro groups is 1. The van der Waals surface area contributed by atoms with Crippen molar-refractivity contribution in [2.24, 2.45) is 0 Å². The highest BCUT2D eigenvalue weighted by atomic mass is 19.3. The maximum Gasteiger partial charge on any atom is 0.390 e. The molecular formula is C5H3F2N3O4. The van der Waals surface area contributed by atoms with Crippen molar-refractivity contribution in [1.82, 2.24) is 10.2 Å². The number of aromatic amines is 1. The predicted molar refractivity (Wildman–Crippen MR) is 36.8 cm³/mol. The van der Waals surface area contributed by atoms with E-state index in [9.17, 15) is 23.7 Å². The van der Waals surface area contributed by atoms with Crippen molar-refractivity contribution in [2.75, 3.05) is 0 Å². The van der Waals surface area contributed by atoms with Gasteiger partial charge in [0.05, 0.1) is 4.92 Å². The Morgan fingerprint density at radius 1 is 1.71 bits per heavy atom. The van der Waals surface area contributed by atoms with Gasteiger partial charge in [0.15, 0.2) is 5.69 Å². The number of carboxylic acid groups (broad SMARTS) is 1. The molecular weight excluding hydrogens is 204 g/mol. The van der Waals surface area contributed by atoms with Crippen LogP contribution in [0.15, 0.2) is 6.20 Å². The molecule has 2 N–H and O–H groups in total. The van der Waals surface area contributed by atoms with Gasteiger partial charge >= 0.3 is 17.6 Å². The van der Waals surface area contributed by atoms with Crippen molar-refractivity contribution in [1.29, 1.82) is 0 Å². The molecule has 0 saturated carbocycles. The van der Waals surface area contributed by atoms with Gasteiger partial charge in [-0.05, 0) is 0 Å². The number of H-pyrrole nitrogens is 1. The summed E-state index contributed by atoms with van der Waals surface area (Å²) in [5.74, 6) is -6.83. The van der Waals surface area contributed by atoms with Gasteiger partial charge in [-0.25, -0.2) is 4.79 Å². The second-order valence-corrected chi connectivity index (χ2v) is 2.27. The monoisotopic (exact) mass is 207 g/mol. The van der Waals surface area contributed by atoms with E-state index in [0.29, 0.717) is 6.20 Å². The van der Waals surface area contributed by atoms with E-state index in [1.54, 1.807) is 5.10 Å². The zero-order valence-corrected chi connectivity index (χ0v) is 6.40. The molecule has 0 spiro atoms. The average molecular weight is 207 g/mol. The van der Waals surface area contributed by atoms with Gasteiger partial charge in [-0.1, -0.05) is 0 Å². The number of rotatable bonds is 3. The Morgan fingerprint density at radius 3 is 2.71 bits per heavy atom. The molecule has 0 atom stereocenters. The minimum absolute atomic E-state index is 0.520. The second kappa shape index (κ2) is 3.01. The summed E-state index contributed by atoms with van der Waals surface area (Å²) in [7, 11) is 0. The molecule has 9 heteroatoms. The first-order chi connectivity index (χ1) is 6.37. The lowest BCUT2D eigenvalue weighted by Gasteiger charge is -2.06. The molecule has 1 heterocycles. The van der Waals surface area contributed by atoms with Crippen LogP contribution in [0.4, 0.5) is 14.5 Å². The molecule has 0 radical (unpaired) electrons. The number of alkyl halides is 2. The fourth-order valence-corrected chi connectivity index (χ4v) is 0.756. The maximum absolute atomic E-state index is 12.8. The molecule has 1 rings (SSSR count). The Morgan fingerprint density at radius 2 is 2.29 bits per heavy atom. The van der Waals surface area contributed by atoms with Crippen molar-refractivity contribution >= 4 is 11.7 Å². The lowest BCUT2D eigenvalue weighted by atomic mass is 10.2. The van der Waals surface area contributed by atoms with Crippen molar-refractivity contribution in [2.45, 2.75) is 5.92 Å². The van der Waals surface area contributed by atoms with Crippen LogP contribution in [0.3, 0.4) is 0 Å². The zero-order chi connectivity index (χ0) is 10.9. The van der Waals surface area contributed by atoms with Crippen LogP contribution in [-0.4, -0.2) is 26.2 Å². The number of hydrogen-bond donors (Lipinski definition) is 2. The van der Waals surface area contributed by atoms with Crippen LogP contribution in [0.2, 0.25) is 0 Å². The number of nitrogens with zero attached hydrogens (tertiary/aromatic N) is 2. The Bertz CT molecular complexity index is 388. The van der Waals surface area contributed by atoms with E-state index in [4.69, 9.17) is 5.11 Å². The molecule has 0 amide bonds. The molecule has 0 unspecified atom stereocenters. The normalized spacial score (nSPS) is 11.3. The lowest BCUT2D eigenvalue weighted by Crippen LogP contribution is -2.26. The number of nitrogens with one attached hydrogen (secondary N) is 1. The van der Waals surface area contributed by atoms with E-state index in [1.165, 1.54) is 0 Å². The first-order valence-electron chi connectivity index (χ1n) is 3.16. The Balaban J connectivity index is 3.25. The Labute approximate surface area is 74.5 Å². The number of carboxylic acids is 1. The van der Waals surface area contributed by atoms with Crippen LogP contribution in [0.5, 0.6) is 0 Å². The standard InChI is InChI=1S/C5H3F2N3O4/c6-5(7,4(11)12)3-2(10(13)14)1-8-9-3/h1H,(H,8,9)(H,11,12). The van der Waals surface area contributed by atoms with Gasteiger partial charge in [-0.3, -0.25) is 15.2 Å². The summed E-state index contributed by atoms with van der Waals surface area (Å²) in [6.45, 7) is 0. The molecule has 0 aromatic carbocycles. The largest absolute Gasteiger partial charge is 0.476 e. The van der Waals surface area contributed by atoms with Crippen molar-refractivity contribution in [3.05, 3.63) is 22.0 Å². The summed E-state index contributed by atoms with van der Waals surface area (Å²) in [6, 6.07) is 0. The maximum atomic E-state index is 12.8. The van der Waals surface area contributed by atoms with Gasteiger partial charge in [-0.15, -0.1) is 0 Å². The molecule has 1 aromatic heterocycles. The number of halogens is 2. The lowest BCUT2D eigenvalue weighted by molar-refractivity contribution is -0.386. The molecule has 0 saturated heterocycles. The molecule has 0 fully saturated rings. The number of aromatic nitrogens is 2. The average Bonchev–Trinajstić information content (AvgIpc) is 2.51. The van der Waals surface area contributed by atoms with E-state index < -0.39 is 28.2 Å². The van der Waals surface area contributed by atoms with Gasteiger partial charge in [0.1, 0.15) is 6.20 Å². The van der Waals surface area contributed by atoms with Crippen LogP contribution >= 0.6 is 0 Å². The van der Waals surface area contributed by atoms with Crippen molar-refractivity contribution in [3.8, 4) is 0 Å². The summed E-state index contributed by atoms with van der Waals surface area (Å²) in [5, 5.41) is 22.8. The summed E-state index contributed by atoms with van der Waals surface area (Å²) in [4.78, 5) is 19.1. The topological polar surface area (TPSA) is 109 Å². The van der Waals surface area contributed by atoms with Crippen LogP contribution in [-0.2, 0) is 10.7 Å². The van der Waals surface area contributed by atoms with E-state index in [-0.39, 0.29) is 0 Å². The van der Waals surface area contributed by atoms with Crippen LogP contribution in [0, 0.1) is 10.1 Å². The van der Waals surface area contributed by atoms with E-state index >= 15 is 0 Å². The quantitative estimate of drug-likeness (QED) is 0.553.